The van der Waals surface area contributed by atoms with Crippen molar-refractivity contribution in [3.63, 3.8) is 0 Å². The predicted octanol–water partition coefficient (Wildman–Crippen LogP) is 3.11. The fourth-order valence-electron chi connectivity index (χ4n) is 2.93. The monoisotopic (exact) mass is 267 g/mol. The van der Waals surface area contributed by atoms with Crippen LogP contribution in [-0.4, -0.2) is 20.2 Å². The van der Waals surface area contributed by atoms with Crippen molar-refractivity contribution >= 4 is 0 Å². The Morgan fingerprint density at radius 2 is 1.50 bits per heavy atom. The molecule has 104 valence electrons. The molecule has 0 aliphatic heterocycles. The highest BCUT2D eigenvalue weighted by molar-refractivity contribution is 5.43. The third-order valence-corrected chi connectivity index (χ3v) is 3.98. The lowest BCUT2D eigenvalue weighted by Gasteiger charge is -2.21. The Balaban J connectivity index is 2.00. The van der Waals surface area contributed by atoms with Crippen molar-refractivity contribution in [3.05, 3.63) is 70.8 Å². The van der Waals surface area contributed by atoms with Gasteiger partial charge in [-0.2, -0.15) is 0 Å². The number of rotatable bonds is 4. The highest BCUT2D eigenvalue weighted by Crippen LogP contribution is 2.34. The molecule has 0 fully saturated rings. The molecule has 0 saturated carbocycles. The van der Waals surface area contributed by atoms with Crippen molar-refractivity contribution in [2.24, 2.45) is 0 Å². The molecule has 0 bridgehead atoms. The van der Waals surface area contributed by atoms with Gasteiger partial charge in [-0.05, 0) is 42.1 Å². The number of hydrogen-bond donors (Lipinski definition) is 1. The van der Waals surface area contributed by atoms with Crippen LogP contribution < -0.4 is 5.32 Å². The first kappa shape index (κ1) is 13.3. The van der Waals surface area contributed by atoms with Crippen LogP contribution in [0.2, 0.25) is 0 Å². The minimum absolute atomic E-state index is 0.0678. The van der Waals surface area contributed by atoms with Crippen molar-refractivity contribution in [1.29, 1.82) is 0 Å². The number of hydrogen-bond acceptors (Lipinski definition) is 2. The van der Waals surface area contributed by atoms with Crippen LogP contribution in [0.5, 0.6) is 0 Å². The molecule has 0 saturated heterocycles. The molecular weight excluding hydrogens is 246 g/mol. The van der Waals surface area contributed by atoms with Crippen LogP contribution in [0.4, 0.5) is 0 Å². The second-order valence-electron chi connectivity index (χ2n) is 5.25. The zero-order chi connectivity index (χ0) is 13.8. The van der Waals surface area contributed by atoms with Gasteiger partial charge < -0.3 is 10.1 Å². The van der Waals surface area contributed by atoms with Crippen LogP contribution in [0.3, 0.4) is 0 Å². The average Bonchev–Trinajstić information content (AvgIpc) is 2.66. The Labute approximate surface area is 120 Å². The summed E-state index contributed by atoms with van der Waals surface area (Å²) in [7, 11) is 1.96. The lowest BCUT2D eigenvalue weighted by Crippen LogP contribution is -2.17. The van der Waals surface area contributed by atoms with Crippen molar-refractivity contribution < 1.29 is 4.74 Å². The van der Waals surface area contributed by atoms with Gasteiger partial charge in [-0.3, -0.25) is 0 Å². The normalized spacial score (nSPS) is 14.4. The fourth-order valence-corrected chi connectivity index (χ4v) is 2.93. The molecule has 0 heterocycles. The van der Waals surface area contributed by atoms with E-state index in [0.29, 0.717) is 0 Å². The number of aryl methyl sites for hydroxylation is 2. The van der Waals surface area contributed by atoms with E-state index in [1.54, 1.807) is 0 Å². The lowest BCUT2D eigenvalue weighted by molar-refractivity contribution is 0.0827. The zero-order valence-corrected chi connectivity index (χ0v) is 11.9. The number of likely N-dealkylation sites (N-methyl/N-ethyl adjacent to an activating group) is 1. The Morgan fingerprint density at radius 3 is 2.05 bits per heavy atom. The molecule has 2 aromatic carbocycles. The third kappa shape index (κ3) is 2.62. The van der Waals surface area contributed by atoms with E-state index in [1.807, 2.05) is 7.05 Å². The largest absolute Gasteiger partial charge is 0.367 e. The summed E-state index contributed by atoms with van der Waals surface area (Å²) >= 11 is 0. The topological polar surface area (TPSA) is 21.3 Å². The van der Waals surface area contributed by atoms with Gasteiger partial charge in [0.05, 0.1) is 6.61 Å². The first-order chi connectivity index (χ1) is 9.90. The van der Waals surface area contributed by atoms with E-state index in [1.165, 1.54) is 22.3 Å². The summed E-state index contributed by atoms with van der Waals surface area (Å²) < 4.78 is 6.19. The lowest BCUT2D eigenvalue weighted by atomic mass is 9.97. The van der Waals surface area contributed by atoms with Crippen LogP contribution in [-0.2, 0) is 17.6 Å². The molecule has 0 amide bonds. The van der Waals surface area contributed by atoms with Crippen LogP contribution in [0, 0.1) is 0 Å². The Hall–Kier alpha value is -1.64. The summed E-state index contributed by atoms with van der Waals surface area (Å²) in [6, 6.07) is 17.4. The molecule has 1 N–H and O–H groups in total. The summed E-state index contributed by atoms with van der Waals surface area (Å²) in [6.07, 6.45) is 2.26. The SMILES string of the molecule is CNCCOC1c2ccccc2CCc2ccccc21. The van der Waals surface area contributed by atoms with E-state index >= 15 is 0 Å². The Bertz CT molecular complexity index is 532. The van der Waals surface area contributed by atoms with E-state index in [2.05, 4.69) is 53.8 Å². The van der Waals surface area contributed by atoms with Gasteiger partial charge in [-0.1, -0.05) is 48.5 Å². The van der Waals surface area contributed by atoms with Gasteiger partial charge in [0.15, 0.2) is 0 Å². The summed E-state index contributed by atoms with van der Waals surface area (Å²) in [5.74, 6) is 0. The van der Waals surface area contributed by atoms with E-state index in [0.717, 1.165) is 26.0 Å². The number of ether oxygens (including phenoxy) is 1. The van der Waals surface area contributed by atoms with Crippen LogP contribution in [0.15, 0.2) is 48.5 Å². The standard InChI is InChI=1S/C18H21NO/c1-19-12-13-20-18-16-8-4-2-6-14(16)10-11-15-7-3-5-9-17(15)18/h2-9,18-19H,10-13H2,1H3. The van der Waals surface area contributed by atoms with Gasteiger partial charge in [0.25, 0.3) is 0 Å². The number of fused-ring (bicyclic) bond motifs is 2. The van der Waals surface area contributed by atoms with Gasteiger partial charge in [0, 0.05) is 6.54 Å². The summed E-state index contributed by atoms with van der Waals surface area (Å²) in [4.78, 5) is 0. The van der Waals surface area contributed by atoms with Gasteiger partial charge in [0.2, 0.25) is 0 Å². The molecule has 2 heteroatoms. The maximum atomic E-state index is 6.19. The minimum atomic E-state index is 0.0678. The highest BCUT2D eigenvalue weighted by atomic mass is 16.5. The second kappa shape index (κ2) is 6.21. The van der Waals surface area contributed by atoms with Gasteiger partial charge in [-0.25, -0.2) is 0 Å². The molecule has 0 spiro atoms. The maximum Gasteiger partial charge on any atom is 0.108 e. The first-order valence-corrected chi connectivity index (χ1v) is 7.32. The second-order valence-corrected chi connectivity index (χ2v) is 5.25. The fraction of sp³-hybridized carbons (Fsp3) is 0.333. The molecule has 1 aliphatic rings. The van der Waals surface area contributed by atoms with Crippen molar-refractivity contribution in [3.8, 4) is 0 Å². The van der Waals surface area contributed by atoms with Crippen molar-refractivity contribution in [1.82, 2.24) is 5.32 Å². The molecule has 0 radical (unpaired) electrons. The van der Waals surface area contributed by atoms with Gasteiger partial charge >= 0.3 is 0 Å². The van der Waals surface area contributed by atoms with Crippen LogP contribution in [0.1, 0.15) is 28.4 Å². The maximum absolute atomic E-state index is 6.19. The van der Waals surface area contributed by atoms with E-state index in [9.17, 15) is 0 Å². The van der Waals surface area contributed by atoms with E-state index < -0.39 is 0 Å². The van der Waals surface area contributed by atoms with Crippen molar-refractivity contribution in [2.45, 2.75) is 18.9 Å². The quantitative estimate of drug-likeness (QED) is 0.859. The highest BCUT2D eigenvalue weighted by Gasteiger charge is 2.23. The molecule has 2 aromatic rings. The molecular formula is C18H21NO. The molecule has 0 aromatic heterocycles. The number of benzene rings is 2. The summed E-state index contributed by atoms with van der Waals surface area (Å²) in [5.41, 5.74) is 5.48. The zero-order valence-electron chi connectivity index (χ0n) is 11.9. The van der Waals surface area contributed by atoms with Crippen LogP contribution >= 0.6 is 0 Å². The van der Waals surface area contributed by atoms with Crippen LogP contribution in [0.25, 0.3) is 0 Å². The molecule has 0 atom stereocenters. The van der Waals surface area contributed by atoms with Gasteiger partial charge in [-0.15, -0.1) is 0 Å². The summed E-state index contributed by atoms with van der Waals surface area (Å²) in [5, 5.41) is 3.15. The molecule has 2 nitrogen and oxygen atoms in total. The first-order valence-electron chi connectivity index (χ1n) is 7.32. The van der Waals surface area contributed by atoms with Gasteiger partial charge in [0.1, 0.15) is 6.10 Å². The average molecular weight is 267 g/mol. The molecule has 3 rings (SSSR count). The predicted molar refractivity (Wildman–Crippen MR) is 82.0 cm³/mol. The van der Waals surface area contributed by atoms with E-state index in [-0.39, 0.29) is 6.10 Å². The smallest absolute Gasteiger partial charge is 0.108 e. The van der Waals surface area contributed by atoms with Crippen molar-refractivity contribution in [2.75, 3.05) is 20.2 Å². The van der Waals surface area contributed by atoms with E-state index in [4.69, 9.17) is 4.74 Å². The Kier molecular flexibility index (Phi) is 4.14. The number of nitrogens with one attached hydrogen (secondary N) is 1. The molecule has 0 unspecified atom stereocenters. The molecule has 20 heavy (non-hydrogen) atoms. The minimum Gasteiger partial charge on any atom is -0.367 e. The third-order valence-electron chi connectivity index (χ3n) is 3.98. The molecule has 1 aliphatic carbocycles. The Morgan fingerprint density at radius 1 is 0.950 bits per heavy atom. The summed E-state index contributed by atoms with van der Waals surface area (Å²) in [6.45, 7) is 1.60.